The molecule has 126 valence electrons. The van der Waals surface area contributed by atoms with Gasteiger partial charge >= 0.3 is 5.97 Å². The van der Waals surface area contributed by atoms with E-state index in [1.54, 1.807) is 43.3 Å². The molecule has 0 radical (unpaired) electrons. The van der Waals surface area contributed by atoms with E-state index in [-0.39, 0.29) is 5.56 Å². The highest BCUT2D eigenvalue weighted by Crippen LogP contribution is 2.21. The molecule has 3 rings (SSSR count). The van der Waals surface area contributed by atoms with E-state index >= 15 is 0 Å². The lowest BCUT2D eigenvalue weighted by Crippen LogP contribution is -2.17. The number of hydrogen-bond acceptors (Lipinski definition) is 4. The number of anilines is 1. The Hall–Kier alpha value is -3.28. The van der Waals surface area contributed by atoms with Gasteiger partial charge in [0.2, 0.25) is 0 Å². The molecule has 0 saturated carbocycles. The second kappa shape index (κ2) is 6.68. The first-order valence-electron chi connectivity index (χ1n) is 7.55. The van der Waals surface area contributed by atoms with E-state index in [4.69, 9.17) is 4.74 Å². The van der Waals surface area contributed by atoms with Crippen LogP contribution in [0.2, 0.25) is 0 Å². The minimum atomic E-state index is -0.550. The lowest BCUT2D eigenvalue weighted by Gasteiger charge is -2.11. The van der Waals surface area contributed by atoms with Gasteiger partial charge in [0.15, 0.2) is 0 Å². The zero-order chi connectivity index (χ0) is 18.0. The Morgan fingerprint density at radius 1 is 1.08 bits per heavy atom. The van der Waals surface area contributed by atoms with Crippen LogP contribution in [0, 0.1) is 12.7 Å². The summed E-state index contributed by atoms with van der Waals surface area (Å²) in [7, 11) is 1.27. The van der Waals surface area contributed by atoms with Gasteiger partial charge in [0.1, 0.15) is 5.82 Å². The van der Waals surface area contributed by atoms with Crippen molar-refractivity contribution in [3.63, 3.8) is 0 Å². The summed E-state index contributed by atoms with van der Waals surface area (Å²) in [6.45, 7) is 1.70. The number of carbonyl (C=O) groups is 2. The first-order chi connectivity index (χ1) is 12.0. The van der Waals surface area contributed by atoms with Crippen LogP contribution in [-0.4, -0.2) is 24.0 Å². The fraction of sp³-hybridized carbons (Fsp3) is 0.105. The molecule has 2 aromatic carbocycles. The van der Waals surface area contributed by atoms with Crippen molar-refractivity contribution in [2.24, 2.45) is 0 Å². The molecule has 0 fully saturated rings. The van der Waals surface area contributed by atoms with Gasteiger partial charge in [0, 0.05) is 5.39 Å². The van der Waals surface area contributed by atoms with Gasteiger partial charge in [0.25, 0.3) is 5.91 Å². The van der Waals surface area contributed by atoms with Crippen LogP contribution in [0.5, 0.6) is 0 Å². The Bertz CT molecular complexity index is 986. The van der Waals surface area contributed by atoms with Crippen molar-refractivity contribution in [3.8, 4) is 0 Å². The topological polar surface area (TPSA) is 68.3 Å². The van der Waals surface area contributed by atoms with E-state index < -0.39 is 17.7 Å². The van der Waals surface area contributed by atoms with Gasteiger partial charge in [-0.25, -0.2) is 9.18 Å². The SMILES string of the molecule is COC(=O)c1ccccc1NC(=O)c1cc2cc(F)ccc2nc1C. The maximum absolute atomic E-state index is 13.4. The Labute approximate surface area is 143 Å². The summed E-state index contributed by atoms with van der Waals surface area (Å²) < 4.78 is 18.1. The molecule has 0 aliphatic carbocycles. The lowest BCUT2D eigenvalue weighted by molar-refractivity contribution is 0.0602. The number of aryl methyl sites for hydroxylation is 1. The minimum absolute atomic E-state index is 0.246. The van der Waals surface area contributed by atoms with Crippen LogP contribution in [-0.2, 0) is 4.74 Å². The first-order valence-corrected chi connectivity index (χ1v) is 7.55. The zero-order valence-electron chi connectivity index (χ0n) is 13.7. The number of carbonyl (C=O) groups excluding carboxylic acids is 2. The van der Waals surface area contributed by atoms with Crippen molar-refractivity contribution in [1.29, 1.82) is 0 Å². The third-order valence-electron chi connectivity index (χ3n) is 3.79. The molecule has 6 heteroatoms. The number of hydrogen-bond donors (Lipinski definition) is 1. The summed E-state index contributed by atoms with van der Waals surface area (Å²) in [4.78, 5) is 28.8. The predicted octanol–water partition coefficient (Wildman–Crippen LogP) is 3.72. The van der Waals surface area contributed by atoms with Gasteiger partial charge in [0.05, 0.1) is 35.1 Å². The number of fused-ring (bicyclic) bond motifs is 1. The highest BCUT2D eigenvalue weighted by atomic mass is 19.1. The third kappa shape index (κ3) is 3.33. The highest BCUT2D eigenvalue weighted by molar-refractivity contribution is 6.09. The summed E-state index contributed by atoms with van der Waals surface area (Å²) in [5.41, 5.74) is 1.99. The maximum Gasteiger partial charge on any atom is 0.339 e. The van der Waals surface area contributed by atoms with Crippen molar-refractivity contribution in [2.75, 3.05) is 12.4 Å². The van der Waals surface area contributed by atoms with E-state index in [0.717, 1.165) is 0 Å². The van der Waals surface area contributed by atoms with Crippen LogP contribution in [0.4, 0.5) is 10.1 Å². The molecule has 0 spiro atoms. The van der Waals surface area contributed by atoms with Gasteiger partial charge in [-0.2, -0.15) is 0 Å². The molecule has 0 atom stereocenters. The van der Waals surface area contributed by atoms with Crippen LogP contribution in [0.25, 0.3) is 10.9 Å². The summed E-state index contributed by atoms with van der Waals surface area (Å²) in [5, 5.41) is 3.21. The number of para-hydroxylation sites is 1. The fourth-order valence-corrected chi connectivity index (χ4v) is 2.54. The number of esters is 1. The molecule has 5 nitrogen and oxygen atoms in total. The van der Waals surface area contributed by atoms with Crippen LogP contribution in [0.3, 0.4) is 0 Å². The summed E-state index contributed by atoms with van der Waals surface area (Å²) in [5.74, 6) is -1.39. The largest absolute Gasteiger partial charge is 0.465 e. The molecular formula is C19H15FN2O3. The normalized spacial score (nSPS) is 10.5. The number of ether oxygens (including phenoxy) is 1. The molecule has 1 aromatic heterocycles. The average Bonchev–Trinajstić information content (AvgIpc) is 2.61. The van der Waals surface area contributed by atoms with Crippen LogP contribution in [0.1, 0.15) is 26.4 Å². The summed E-state index contributed by atoms with van der Waals surface area (Å²) in [6, 6.07) is 12.3. The van der Waals surface area contributed by atoms with Gasteiger partial charge in [-0.15, -0.1) is 0 Å². The van der Waals surface area contributed by atoms with Gasteiger partial charge < -0.3 is 10.1 Å². The molecule has 25 heavy (non-hydrogen) atoms. The number of amides is 1. The Balaban J connectivity index is 1.98. The Morgan fingerprint density at radius 3 is 2.60 bits per heavy atom. The molecule has 0 aliphatic heterocycles. The van der Waals surface area contributed by atoms with Gasteiger partial charge in [-0.3, -0.25) is 9.78 Å². The summed E-state index contributed by atoms with van der Waals surface area (Å²) >= 11 is 0. The molecular weight excluding hydrogens is 323 g/mol. The van der Waals surface area contributed by atoms with E-state index in [1.807, 2.05) is 0 Å². The third-order valence-corrected chi connectivity index (χ3v) is 3.79. The standard InChI is InChI=1S/C19H15FN2O3/c1-11-15(10-12-9-13(20)7-8-16(12)21-11)18(23)22-17-6-4-3-5-14(17)19(24)25-2/h3-10H,1-2H3,(H,22,23). The number of methoxy groups -OCH3 is 1. The van der Waals surface area contributed by atoms with Crippen molar-refractivity contribution >= 4 is 28.5 Å². The zero-order valence-corrected chi connectivity index (χ0v) is 13.7. The first kappa shape index (κ1) is 16.6. The molecule has 0 unspecified atom stereocenters. The summed E-state index contributed by atoms with van der Waals surface area (Å²) in [6.07, 6.45) is 0. The number of rotatable bonds is 3. The van der Waals surface area contributed by atoms with Crippen LogP contribution < -0.4 is 5.32 Å². The number of nitrogens with zero attached hydrogens (tertiary/aromatic N) is 1. The Kier molecular flexibility index (Phi) is 4.43. The molecule has 0 saturated heterocycles. The second-order valence-corrected chi connectivity index (χ2v) is 5.45. The monoisotopic (exact) mass is 338 g/mol. The van der Waals surface area contributed by atoms with E-state index in [2.05, 4.69) is 10.3 Å². The van der Waals surface area contributed by atoms with Crippen molar-refractivity contribution < 1.29 is 18.7 Å². The van der Waals surface area contributed by atoms with Crippen LogP contribution in [0.15, 0.2) is 48.5 Å². The number of nitrogens with one attached hydrogen (secondary N) is 1. The number of halogens is 1. The van der Waals surface area contributed by atoms with Crippen molar-refractivity contribution in [3.05, 3.63) is 71.2 Å². The number of pyridine rings is 1. The molecule has 3 aromatic rings. The molecule has 0 aliphatic rings. The number of benzene rings is 2. The van der Waals surface area contributed by atoms with Gasteiger partial charge in [-0.1, -0.05) is 12.1 Å². The number of aromatic nitrogens is 1. The second-order valence-electron chi connectivity index (χ2n) is 5.45. The van der Waals surface area contributed by atoms with Crippen LogP contribution >= 0.6 is 0 Å². The molecule has 1 N–H and O–H groups in total. The molecule has 0 bridgehead atoms. The highest BCUT2D eigenvalue weighted by Gasteiger charge is 2.16. The van der Waals surface area contributed by atoms with Gasteiger partial charge in [-0.05, 0) is 43.3 Å². The van der Waals surface area contributed by atoms with Crippen molar-refractivity contribution in [1.82, 2.24) is 4.98 Å². The smallest absolute Gasteiger partial charge is 0.339 e. The average molecular weight is 338 g/mol. The molecule has 1 amide bonds. The van der Waals surface area contributed by atoms with E-state index in [1.165, 1.54) is 19.2 Å². The Morgan fingerprint density at radius 2 is 1.84 bits per heavy atom. The molecule has 1 heterocycles. The quantitative estimate of drug-likeness (QED) is 0.739. The van der Waals surface area contributed by atoms with E-state index in [9.17, 15) is 14.0 Å². The lowest BCUT2D eigenvalue weighted by atomic mass is 10.1. The van der Waals surface area contributed by atoms with Crippen molar-refractivity contribution in [2.45, 2.75) is 6.92 Å². The van der Waals surface area contributed by atoms with E-state index in [0.29, 0.717) is 27.8 Å². The maximum atomic E-state index is 13.4. The predicted molar refractivity (Wildman–Crippen MR) is 92.2 cm³/mol. The fourth-order valence-electron chi connectivity index (χ4n) is 2.54. The minimum Gasteiger partial charge on any atom is -0.465 e.